The van der Waals surface area contributed by atoms with Crippen molar-refractivity contribution in [1.29, 1.82) is 0 Å². The zero-order valence-corrected chi connectivity index (χ0v) is 32.9. The molecular formula is C54H40N2O2. The predicted molar refractivity (Wildman–Crippen MR) is 244 cm³/mol. The van der Waals surface area contributed by atoms with Crippen molar-refractivity contribution in [1.82, 2.24) is 0 Å². The highest BCUT2D eigenvalue weighted by Gasteiger charge is 2.21. The second kappa shape index (κ2) is 13.1. The molecule has 0 fully saturated rings. The molecule has 0 aliphatic heterocycles. The van der Waals surface area contributed by atoms with Gasteiger partial charge >= 0.3 is 0 Å². The van der Waals surface area contributed by atoms with Crippen LogP contribution >= 0.6 is 0 Å². The molecule has 58 heavy (non-hydrogen) atoms. The number of furan rings is 2. The fourth-order valence-electron chi connectivity index (χ4n) is 8.91. The Balaban J connectivity index is 1.05. The van der Waals surface area contributed by atoms with Gasteiger partial charge in [-0.1, -0.05) is 84.9 Å². The fourth-order valence-corrected chi connectivity index (χ4v) is 8.91. The zero-order chi connectivity index (χ0) is 39.1. The molecule has 0 unspecified atom stereocenters. The summed E-state index contributed by atoms with van der Waals surface area (Å²) in [7, 11) is 0. The molecule has 11 aromatic rings. The molecule has 0 saturated heterocycles. The lowest BCUT2D eigenvalue weighted by Crippen LogP contribution is -2.12. The Kier molecular flexibility index (Phi) is 7.70. The number of fused-ring (bicyclic) bond motifs is 9. The molecular weight excluding hydrogens is 709 g/mol. The molecule has 278 valence electrons. The van der Waals surface area contributed by atoms with E-state index in [1.807, 2.05) is 0 Å². The summed E-state index contributed by atoms with van der Waals surface area (Å²) in [6.07, 6.45) is 0. The van der Waals surface area contributed by atoms with Gasteiger partial charge in [-0.05, 0) is 156 Å². The van der Waals surface area contributed by atoms with E-state index >= 15 is 0 Å². The Hall–Kier alpha value is -7.30. The molecule has 2 aromatic heterocycles. The van der Waals surface area contributed by atoms with Crippen LogP contribution in [-0.2, 0) is 0 Å². The monoisotopic (exact) mass is 748 g/mol. The number of benzene rings is 9. The van der Waals surface area contributed by atoms with Crippen molar-refractivity contribution < 1.29 is 8.83 Å². The summed E-state index contributed by atoms with van der Waals surface area (Å²) in [4.78, 5) is 4.73. The van der Waals surface area contributed by atoms with Crippen molar-refractivity contribution in [2.24, 2.45) is 0 Å². The van der Waals surface area contributed by atoms with Crippen molar-refractivity contribution >= 4 is 99.5 Å². The molecule has 9 aromatic carbocycles. The highest BCUT2D eigenvalue weighted by molar-refractivity contribution is 6.24. The van der Waals surface area contributed by atoms with Crippen LogP contribution in [0, 0.1) is 27.7 Å². The molecule has 0 saturated carbocycles. The topological polar surface area (TPSA) is 32.8 Å². The van der Waals surface area contributed by atoms with Gasteiger partial charge in [-0.3, -0.25) is 0 Å². The van der Waals surface area contributed by atoms with Crippen LogP contribution in [0.15, 0.2) is 179 Å². The van der Waals surface area contributed by atoms with E-state index in [0.717, 1.165) is 99.5 Å². The number of rotatable bonds is 6. The first kappa shape index (κ1) is 34.0. The molecule has 0 atom stereocenters. The van der Waals surface area contributed by atoms with Crippen LogP contribution in [-0.4, -0.2) is 0 Å². The number of nitrogens with zero attached hydrogens (tertiary/aromatic N) is 2. The van der Waals surface area contributed by atoms with E-state index in [0.29, 0.717) is 0 Å². The Morgan fingerprint density at radius 3 is 1.22 bits per heavy atom. The molecule has 0 radical (unpaired) electrons. The molecule has 11 rings (SSSR count). The van der Waals surface area contributed by atoms with Gasteiger partial charge in [0.1, 0.15) is 22.3 Å². The number of aryl methyl sites for hydroxylation is 4. The standard InChI is InChI=1S/C54H40N2O2/c1-33-13-5-9-17-46(33)55(47-18-10-6-14-34(47)2)41-23-21-37-29-44-43-25-26-50-53(54(43)58-51(44)31-39(37)27-41)45-30-38-22-24-42(28-40(38)32-52(45)57-50)56(48-19-11-7-15-35(48)3)49-20-12-8-16-36(49)4/h5-32H,1-4H3. The molecule has 0 N–H and O–H groups in total. The Bertz CT molecular complexity index is 3330. The van der Waals surface area contributed by atoms with E-state index in [9.17, 15) is 0 Å². The lowest BCUT2D eigenvalue weighted by molar-refractivity contribution is 0.663. The van der Waals surface area contributed by atoms with Crippen LogP contribution in [0.5, 0.6) is 0 Å². The van der Waals surface area contributed by atoms with Crippen molar-refractivity contribution in [2.75, 3.05) is 9.80 Å². The second-order valence-corrected chi connectivity index (χ2v) is 15.6. The number of hydrogen-bond donors (Lipinski definition) is 0. The van der Waals surface area contributed by atoms with Gasteiger partial charge in [0.15, 0.2) is 0 Å². The molecule has 0 spiro atoms. The van der Waals surface area contributed by atoms with E-state index < -0.39 is 0 Å². The van der Waals surface area contributed by atoms with Gasteiger partial charge in [0.2, 0.25) is 0 Å². The van der Waals surface area contributed by atoms with Crippen LogP contribution in [0.3, 0.4) is 0 Å². The summed E-state index contributed by atoms with van der Waals surface area (Å²) >= 11 is 0. The normalized spacial score (nSPS) is 11.8. The van der Waals surface area contributed by atoms with Gasteiger partial charge in [0.25, 0.3) is 0 Å². The maximum Gasteiger partial charge on any atom is 0.147 e. The summed E-state index contributed by atoms with van der Waals surface area (Å²) in [5.74, 6) is 0. The molecule has 2 heterocycles. The highest BCUT2D eigenvalue weighted by Crippen LogP contribution is 2.45. The van der Waals surface area contributed by atoms with Crippen molar-refractivity contribution in [3.05, 3.63) is 192 Å². The third-order valence-electron chi connectivity index (χ3n) is 11.9. The number of hydrogen-bond acceptors (Lipinski definition) is 4. The third-order valence-corrected chi connectivity index (χ3v) is 11.9. The summed E-state index contributed by atoms with van der Waals surface area (Å²) < 4.78 is 13.5. The van der Waals surface area contributed by atoms with Crippen LogP contribution in [0.2, 0.25) is 0 Å². The Morgan fingerprint density at radius 1 is 0.328 bits per heavy atom. The minimum absolute atomic E-state index is 0.817. The largest absolute Gasteiger partial charge is 0.456 e. The minimum atomic E-state index is 0.817. The van der Waals surface area contributed by atoms with Crippen LogP contribution in [0.25, 0.3) is 65.4 Å². The van der Waals surface area contributed by atoms with E-state index in [4.69, 9.17) is 8.83 Å². The summed E-state index contributed by atoms with van der Waals surface area (Å²) in [6, 6.07) is 60.9. The van der Waals surface area contributed by atoms with Crippen LogP contribution in [0.4, 0.5) is 34.1 Å². The maximum atomic E-state index is 6.85. The molecule has 0 amide bonds. The molecule has 4 heteroatoms. The zero-order valence-electron chi connectivity index (χ0n) is 32.9. The second-order valence-electron chi connectivity index (χ2n) is 15.6. The first-order valence-electron chi connectivity index (χ1n) is 19.9. The molecule has 0 aliphatic carbocycles. The van der Waals surface area contributed by atoms with Gasteiger partial charge in [0.05, 0.1) is 5.39 Å². The average Bonchev–Trinajstić information content (AvgIpc) is 3.79. The van der Waals surface area contributed by atoms with Gasteiger partial charge in [-0.25, -0.2) is 0 Å². The van der Waals surface area contributed by atoms with E-state index in [1.54, 1.807) is 0 Å². The molecule has 0 bridgehead atoms. The predicted octanol–water partition coefficient (Wildman–Crippen LogP) is 16.0. The van der Waals surface area contributed by atoms with Gasteiger partial charge in [-0.15, -0.1) is 0 Å². The Morgan fingerprint density at radius 2 is 0.759 bits per heavy atom. The molecule has 4 nitrogen and oxygen atoms in total. The van der Waals surface area contributed by atoms with Crippen LogP contribution < -0.4 is 9.80 Å². The van der Waals surface area contributed by atoms with Gasteiger partial charge < -0.3 is 18.6 Å². The smallest absolute Gasteiger partial charge is 0.147 e. The highest BCUT2D eigenvalue weighted by atomic mass is 16.3. The summed E-state index contributed by atoms with van der Waals surface area (Å²) in [5.41, 5.74) is 15.1. The number of para-hydroxylation sites is 4. The van der Waals surface area contributed by atoms with Crippen molar-refractivity contribution in [3.63, 3.8) is 0 Å². The minimum Gasteiger partial charge on any atom is -0.456 e. The Labute approximate surface area is 336 Å². The SMILES string of the molecule is Cc1ccccc1N(c1ccc2cc3c(cc2c1)oc1c3ccc2oc3cc4cc(N(c5ccccc5C)c5ccccc5C)ccc4cc3c21)c1ccccc1C. The average molecular weight is 749 g/mol. The fraction of sp³-hybridized carbons (Fsp3) is 0.0741. The van der Waals surface area contributed by atoms with Gasteiger partial charge in [-0.2, -0.15) is 0 Å². The van der Waals surface area contributed by atoms with Crippen LogP contribution in [0.1, 0.15) is 22.3 Å². The first-order chi connectivity index (χ1) is 28.4. The summed E-state index contributed by atoms with van der Waals surface area (Å²) in [6.45, 7) is 8.69. The third kappa shape index (κ3) is 5.37. The molecule has 0 aliphatic rings. The lowest BCUT2D eigenvalue weighted by atomic mass is 10.0. The quantitative estimate of drug-likeness (QED) is 0.170. The summed E-state index contributed by atoms with van der Waals surface area (Å²) in [5, 5.41) is 8.78. The number of anilines is 6. The maximum absolute atomic E-state index is 6.85. The van der Waals surface area contributed by atoms with Crippen molar-refractivity contribution in [3.8, 4) is 0 Å². The van der Waals surface area contributed by atoms with Gasteiger partial charge in [0, 0.05) is 50.3 Å². The van der Waals surface area contributed by atoms with E-state index in [1.165, 1.54) is 22.3 Å². The van der Waals surface area contributed by atoms with Crippen molar-refractivity contribution in [2.45, 2.75) is 27.7 Å². The van der Waals surface area contributed by atoms with E-state index in [2.05, 4.69) is 207 Å². The lowest BCUT2D eigenvalue weighted by Gasteiger charge is -2.28. The van der Waals surface area contributed by atoms with E-state index in [-0.39, 0.29) is 0 Å². The first-order valence-corrected chi connectivity index (χ1v) is 19.9.